The lowest BCUT2D eigenvalue weighted by atomic mass is 9.86. The van der Waals surface area contributed by atoms with E-state index in [1.165, 1.54) is 29.1 Å². The van der Waals surface area contributed by atoms with E-state index in [1.54, 1.807) is 4.68 Å². The first-order valence-corrected chi connectivity index (χ1v) is 12.5. The highest BCUT2D eigenvalue weighted by molar-refractivity contribution is 7.89. The van der Waals surface area contributed by atoms with Gasteiger partial charge in [0.2, 0.25) is 10.0 Å². The van der Waals surface area contributed by atoms with Crippen LogP contribution in [-0.4, -0.2) is 38.4 Å². The molecule has 3 aromatic rings. The summed E-state index contributed by atoms with van der Waals surface area (Å²) in [5, 5.41) is 12.5. The van der Waals surface area contributed by atoms with Gasteiger partial charge in [0.25, 0.3) is 0 Å². The molecule has 0 amide bonds. The topological polar surface area (TPSA) is 99.2 Å². The predicted octanol–water partition coefficient (Wildman–Crippen LogP) is 2.72. The Morgan fingerprint density at radius 1 is 1.22 bits per heavy atom. The van der Waals surface area contributed by atoms with Gasteiger partial charge in [0.15, 0.2) is 0 Å². The lowest BCUT2D eigenvalue weighted by molar-refractivity contribution is 0.298. The molecule has 8 heteroatoms. The van der Waals surface area contributed by atoms with Gasteiger partial charge >= 0.3 is 0 Å². The lowest BCUT2D eigenvalue weighted by Crippen LogP contribution is -2.23. The van der Waals surface area contributed by atoms with Crippen LogP contribution in [-0.2, 0) is 29.4 Å². The van der Waals surface area contributed by atoms with E-state index < -0.39 is 10.0 Å². The zero-order valence-electron chi connectivity index (χ0n) is 18.3. The first-order chi connectivity index (χ1) is 15.4. The predicted molar refractivity (Wildman–Crippen MR) is 124 cm³/mol. The van der Waals surface area contributed by atoms with Gasteiger partial charge in [-0.25, -0.2) is 13.6 Å². The molecule has 0 fully saturated rings. The number of benzene rings is 2. The van der Waals surface area contributed by atoms with Crippen molar-refractivity contribution in [2.45, 2.75) is 36.6 Å². The van der Waals surface area contributed by atoms with E-state index in [0.29, 0.717) is 31.4 Å². The van der Waals surface area contributed by atoms with Crippen molar-refractivity contribution in [3.05, 3.63) is 77.6 Å². The molecule has 32 heavy (non-hydrogen) atoms. The van der Waals surface area contributed by atoms with E-state index in [2.05, 4.69) is 52.9 Å². The Morgan fingerprint density at radius 2 is 2.03 bits per heavy atom. The zero-order chi connectivity index (χ0) is 22.6. The lowest BCUT2D eigenvalue weighted by Gasteiger charge is -2.21. The van der Waals surface area contributed by atoms with Crippen LogP contribution in [0.25, 0.3) is 0 Å². The highest BCUT2D eigenvalue weighted by Crippen LogP contribution is 2.41. The standard InChI is InChI=1S/C24H30N4O3S/c1-26-15-20-13-19-8-9-21(14-24(19)23(20)12-18-6-3-2-4-7-18)31-11-5-10-28-17-22(16-27-28)32(25,29)30/h2-4,6-9,14,16-17,20,23,26H,5,10-13,15H2,1H3,(H2,25,29,30). The molecule has 1 aliphatic rings. The van der Waals surface area contributed by atoms with Crippen LogP contribution >= 0.6 is 0 Å². The van der Waals surface area contributed by atoms with Gasteiger partial charge in [-0.1, -0.05) is 36.4 Å². The Bertz CT molecular complexity index is 1150. The Balaban J connectivity index is 1.39. The minimum Gasteiger partial charge on any atom is -0.494 e. The second kappa shape index (κ2) is 9.85. The Hall–Kier alpha value is -2.68. The quantitative estimate of drug-likeness (QED) is 0.459. The zero-order valence-corrected chi connectivity index (χ0v) is 19.1. The highest BCUT2D eigenvalue weighted by atomic mass is 32.2. The van der Waals surface area contributed by atoms with E-state index in [9.17, 15) is 8.42 Å². The average Bonchev–Trinajstić information content (AvgIpc) is 3.38. The molecule has 0 saturated carbocycles. The van der Waals surface area contributed by atoms with Crippen molar-refractivity contribution in [1.82, 2.24) is 15.1 Å². The van der Waals surface area contributed by atoms with Gasteiger partial charge < -0.3 is 10.1 Å². The van der Waals surface area contributed by atoms with E-state index in [4.69, 9.17) is 9.88 Å². The molecule has 2 aromatic carbocycles. The van der Waals surface area contributed by atoms with Gasteiger partial charge in [0.05, 0.1) is 12.8 Å². The summed E-state index contributed by atoms with van der Waals surface area (Å²) in [4.78, 5) is 0.0256. The normalized spacial score (nSPS) is 17.9. The molecule has 170 valence electrons. The molecule has 1 aromatic heterocycles. The Morgan fingerprint density at radius 3 is 2.75 bits per heavy atom. The number of hydrogen-bond acceptors (Lipinski definition) is 5. The number of hydrogen-bond donors (Lipinski definition) is 2. The van der Waals surface area contributed by atoms with Crippen molar-refractivity contribution in [1.29, 1.82) is 0 Å². The summed E-state index contributed by atoms with van der Waals surface area (Å²) in [5.41, 5.74) is 4.15. The molecule has 7 nitrogen and oxygen atoms in total. The van der Waals surface area contributed by atoms with Gasteiger partial charge in [-0.3, -0.25) is 4.68 Å². The number of nitrogens with one attached hydrogen (secondary N) is 1. The number of nitrogens with two attached hydrogens (primary N) is 1. The fourth-order valence-corrected chi connectivity index (χ4v) is 4.99. The van der Waals surface area contributed by atoms with Crippen molar-refractivity contribution in [3.63, 3.8) is 0 Å². The summed E-state index contributed by atoms with van der Waals surface area (Å²) in [5.74, 6) is 1.90. The number of primary sulfonamides is 1. The van der Waals surface area contributed by atoms with Crippen molar-refractivity contribution in [3.8, 4) is 5.75 Å². The summed E-state index contributed by atoms with van der Waals surface area (Å²) in [6.45, 7) is 2.07. The van der Waals surface area contributed by atoms with Gasteiger partial charge in [-0.05, 0) is 67.1 Å². The fraction of sp³-hybridized carbons (Fsp3) is 0.375. The molecule has 1 aliphatic carbocycles. The highest BCUT2D eigenvalue weighted by Gasteiger charge is 2.32. The molecule has 0 bridgehead atoms. The summed E-state index contributed by atoms with van der Waals surface area (Å²) in [7, 11) is -1.70. The number of fused-ring (bicyclic) bond motifs is 1. The molecular formula is C24H30N4O3S. The smallest absolute Gasteiger partial charge is 0.241 e. The van der Waals surface area contributed by atoms with E-state index in [0.717, 1.165) is 25.1 Å². The number of rotatable bonds is 10. The Labute approximate surface area is 189 Å². The molecule has 0 spiro atoms. The number of nitrogens with zero attached hydrogens (tertiary/aromatic N) is 2. The first-order valence-electron chi connectivity index (χ1n) is 10.9. The number of aryl methyl sites for hydroxylation is 1. The second-order valence-electron chi connectivity index (χ2n) is 8.36. The molecule has 3 N–H and O–H groups in total. The maximum absolute atomic E-state index is 11.4. The van der Waals surface area contributed by atoms with Crippen LogP contribution in [0.3, 0.4) is 0 Å². The average molecular weight is 455 g/mol. The molecule has 1 heterocycles. The summed E-state index contributed by atoms with van der Waals surface area (Å²) in [6.07, 6.45) is 5.53. The van der Waals surface area contributed by atoms with E-state index in [1.807, 2.05) is 13.1 Å². The van der Waals surface area contributed by atoms with Crippen molar-refractivity contribution < 1.29 is 13.2 Å². The Kier molecular flexibility index (Phi) is 6.93. The number of ether oxygens (including phenoxy) is 1. The molecule has 0 saturated heterocycles. The monoisotopic (exact) mass is 454 g/mol. The largest absolute Gasteiger partial charge is 0.494 e. The van der Waals surface area contributed by atoms with Crippen molar-refractivity contribution in [2.24, 2.45) is 11.1 Å². The van der Waals surface area contributed by atoms with Crippen molar-refractivity contribution in [2.75, 3.05) is 20.2 Å². The first kappa shape index (κ1) is 22.5. The minimum atomic E-state index is -3.72. The maximum atomic E-state index is 11.4. The molecule has 4 rings (SSSR count). The molecule has 2 unspecified atom stereocenters. The van der Waals surface area contributed by atoms with Gasteiger partial charge in [-0.15, -0.1) is 0 Å². The van der Waals surface area contributed by atoms with Crippen LogP contribution in [0.4, 0.5) is 0 Å². The summed E-state index contributed by atoms with van der Waals surface area (Å²) in [6, 6.07) is 17.1. The van der Waals surface area contributed by atoms with E-state index >= 15 is 0 Å². The van der Waals surface area contributed by atoms with Crippen LogP contribution in [0.5, 0.6) is 5.75 Å². The van der Waals surface area contributed by atoms with Gasteiger partial charge in [0.1, 0.15) is 10.6 Å². The molecule has 2 atom stereocenters. The number of aromatic nitrogens is 2. The van der Waals surface area contributed by atoms with E-state index in [-0.39, 0.29) is 4.90 Å². The SMILES string of the molecule is CNCC1Cc2ccc(OCCCn3cc(S(N)(=O)=O)cn3)cc2C1Cc1ccccc1. The third-order valence-corrected chi connectivity index (χ3v) is 6.94. The van der Waals surface area contributed by atoms with Crippen LogP contribution < -0.4 is 15.2 Å². The van der Waals surface area contributed by atoms with Crippen LogP contribution in [0.1, 0.15) is 29.0 Å². The van der Waals surface area contributed by atoms with Gasteiger partial charge in [0, 0.05) is 19.2 Å². The number of sulfonamides is 1. The molecular weight excluding hydrogens is 424 g/mol. The maximum Gasteiger partial charge on any atom is 0.241 e. The van der Waals surface area contributed by atoms with Crippen LogP contribution in [0.15, 0.2) is 65.8 Å². The third kappa shape index (κ3) is 5.38. The van der Waals surface area contributed by atoms with Crippen molar-refractivity contribution >= 4 is 10.0 Å². The minimum absolute atomic E-state index is 0.0256. The summed E-state index contributed by atoms with van der Waals surface area (Å²) >= 11 is 0. The fourth-order valence-electron chi connectivity index (χ4n) is 4.52. The molecule has 0 aliphatic heterocycles. The second-order valence-corrected chi connectivity index (χ2v) is 9.93. The molecule has 0 radical (unpaired) electrons. The van der Waals surface area contributed by atoms with Gasteiger partial charge in [-0.2, -0.15) is 5.10 Å². The van der Waals surface area contributed by atoms with Crippen LogP contribution in [0, 0.1) is 5.92 Å². The third-order valence-electron chi connectivity index (χ3n) is 6.07. The summed E-state index contributed by atoms with van der Waals surface area (Å²) < 4.78 is 30.3. The van der Waals surface area contributed by atoms with Crippen LogP contribution in [0.2, 0.25) is 0 Å².